The summed E-state index contributed by atoms with van der Waals surface area (Å²) in [5.41, 5.74) is 3.32. The Morgan fingerprint density at radius 2 is 2.04 bits per heavy atom. The third-order valence-corrected chi connectivity index (χ3v) is 3.41. The monoisotopic (exact) mass is 305 g/mol. The van der Waals surface area contributed by atoms with Crippen LogP contribution in [0.1, 0.15) is 16.8 Å². The molecule has 7 nitrogen and oxygen atoms in total. The normalized spacial score (nSPS) is 10.1. The van der Waals surface area contributed by atoms with Crippen molar-refractivity contribution in [3.8, 4) is 6.07 Å². The molecule has 0 radical (unpaired) electrons. The molecule has 0 unspecified atom stereocenters. The predicted molar refractivity (Wildman–Crippen MR) is 87.8 cm³/mol. The molecule has 0 aliphatic heterocycles. The SMILES string of the molecule is Cc1n[nH]c(Nc2ccnc(Nc3cccc(C#N)c3)n2)c1C. The molecule has 1 aromatic carbocycles. The highest BCUT2D eigenvalue weighted by molar-refractivity contribution is 5.60. The van der Waals surface area contributed by atoms with Crippen LogP contribution < -0.4 is 10.6 Å². The molecule has 23 heavy (non-hydrogen) atoms. The first-order valence-corrected chi connectivity index (χ1v) is 7.04. The summed E-state index contributed by atoms with van der Waals surface area (Å²) >= 11 is 0. The Kier molecular flexibility index (Phi) is 3.89. The lowest BCUT2D eigenvalue weighted by molar-refractivity contribution is 1.04. The van der Waals surface area contributed by atoms with Crippen molar-refractivity contribution in [2.24, 2.45) is 0 Å². The van der Waals surface area contributed by atoms with Crippen molar-refractivity contribution < 1.29 is 0 Å². The van der Waals surface area contributed by atoms with E-state index in [9.17, 15) is 0 Å². The fraction of sp³-hybridized carbons (Fsp3) is 0.125. The summed E-state index contributed by atoms with van der Waals surface area (Å²) in [4.78, 5) is 8.59. The summed E-state index contributed by atoms with van der Waals surface area (Å²) in [6, 6.07) is 11.0. The molecule has 0 aliphatic rings. The van der Waals surface area contributed by atoms with Gasteiger partial charge >= 0.3 is 0 Å². The summed E-state index contributed by atoms with van der Waals surface area (Å²) in [6.45, 7) is 3.92. The number of aromatic nitrogens is 4. The standard InChI is InChI=1S/C16H15N7/c1-10-11(2)22-23-15(10)20-14-6-7-18-16(21-14)19-13-5-3-4-12(8-13)9-17/h3-8H,1-2H3,(H3,18,19,20,21,22,23). The third kappa shape index (κ3) is 3.27. The van der Waals surface area contributed by atoms with Gasteiger partial charge in [0, 0.05) is 17.4 Å². The van der Waals surface area contributed by atoms with Crippen LogP contribution in [0, 0.1) is 25.2 Å². The average Bonchev–Trinajstić information content (AvgIpc) is 2.87. The Morgan fingerprint density at radius 3 is 2.78 bits per heavy atom. The van der Waals surface area contributed by atoms with Crippen LogP contribution in [0.5, 0.6) is 0 Å². The van der Waals surface area contributed by atoms with Gasteiger partial charge in [0.1, 0.15) is 11.6 Å². The molecule has 3 rings (SSSR count). The second kappa shape index (κ2) is 6.15. The van der Waals surface area contributed by atoms with E-state index in [-0.39, 0.29) is 0 Å². The first-order chi connectivity index (χ1) is 11.2. The van der Waals surface area contributed by atoms with Crippen LogP contribution in [0.2, 0.25) is 0 Å². The lowest BCUT2D eigenvalue weighted by Gasteiger charge is -2.08. The molecular weight excluding hydrogens is 290 g/mol. The zero-order valence-electron chi connectivity index (χ0n) is 12.8. The Balaban J connectivity index is 1.79. The zero-order valence-corrected chi connectivity index (χ0v) is 12.8. The number of nitriles is 1. The van der Waals surface area contributed by atoms with Gasteiger partial charge < -0.3 is 10.6 Å². The van der Waals surface area contributed by atoms with E-state index in [1.54, 1.807) is 30.5 Å². The Hall–Kier alpha value is -3.40. The third-order valence-electron chi connectivity index (χ3n) is 3.41. The van der Waals surface area contributed by atoms with Crippen molar-refractivity contribution in [3.05, 3.63) is 53.3 Å². The van der Waals surface area contributed by atoms with Crippen molar-refractivity contribution in [1.82, 2.24) is 20.2 Å². The highest BCUT2D eigenvalue weighted by atomic mass is 15.2. The van der Waals surface area contributed by atoms with Crippen molar-refractivity contribution >= 4 is 23.3 Å². The molecule has 0 amide bonds. The fourth-order valence-electron chi connectivity index (χ4n) is 2.02. The summed E-state index contributed by atoms with van der Waals surface area (Å²) in [5.74, 6) is 1.89. The number of nitrogens with one attached hydrogen (secondary N) is 3. The van der Waals surface area contributed by atoms with Crippen LogP contribution in [-0.2, 0) is 0 Å². The predicted octanol–water partition coefficient (Wildman–Crippen LogP) is 3.18. The van der Waals surface area contributed by atoms with Crippen molar-refractivity contribution in [2.75, 3.05) is 10.6 Å². The molecule has 0 fully saturated rings. The second-order valence-electron chi connectivity index (χ2n) is 5.02. The summed E-state index contributed by atoms with van der Waals surface area (Å²) in [5, 5.41) is 22.3. The van der Waals surface area contributed by atoms with Gasteiger partial charge in [-0.25, -0.2) is 4.98 Å². The number of aromatic amines is 1. The van der Waals surface area contributed by atoms with E-state index in [2.05, 4.69) is 36.9 Å². The summed E-state index contributed by atoms with van der Waals surface area (Å²) < 4.78 is 0. The van der Waals surface area contributed by atoms with Crippen molar-refractivity contribution in [1.29, 1.82) is 5.26 Å². The minimum absolute atomic E-state index is 0.444. The average molecular weight is 305 g/mol. The maximum atomic E-state index is 8.94. The molecule has 0 spiro atoms. The number of nitrogens with zero attached hydrogens (tertiary/aromatic N) is 4. The largest absolute Gasteiger partial charge is 0.325 e. The number of H-pyrrole nitrogens is 1. The van der Waals surface area contributed by atoms with Gasteiger partial charge in [-0.05, 0) is 38.1 Å². The maximum Gasteiger partial charge on any atom is 0.229 e. The maximum absolute atomic E-state index is 8.94. The van der Waals surface area contributed by atoms with Crippen LogP contribution >= 0.6 is 0 Å². The van der Waals surface area contributed by atoms with Crippen molar-refractivity contribution in [2.45, 2.75) is 13.8 Å². The first-order valence-electron chi connectivity index (χ1n) is 7.04. The molecule has 0 atom stereocenters. The van der Waals surface area contributed by atoms with Gasteiger partial charge in [0.15, 0.2) is 0 Å². The van der Waals surface area contributed by atoms with Gasteiger partial charge in [0.25, 0.3) is 0 Å². The number of benzene rings is 1. The lowest BCUT2D eigenvalue weighted by Crippen LogP contribution is -2.01. The van der Waals surface area contributed by atoms with E-state index in [4.69, 9.17) is 5.26 Å². The molecule has 3 N–H and O–H groups in total. The molecular formula is C16H15N7. The van der Waals surface area contributed by atoms with Gasteiger partial charge in [-0.2, -0.15) is 15.3 Å². The second-order valence-corrected chi connectivity index (χ2v) is 5.02. The molecule has 114 valence electrons. The molecule has 0 aliphatic carbocycles. The molecule has 0 bridgehead atoms. The van der Waals surface area contributed by atoms with E-state index in [0.717, 1.165) is 22.8 Å². The van der Waals surface area contributed by atoms with Crippen LogP contribution in [0.3, 0.4) is 0 Å². The highest BCUT2D eigenvalue weighted by Gasteiger charge is 2.07. The van der Waals surface area contributed by atoms with Gasteiger partial charge in [-0.1, -0.05) is 6.07 Å². The van der Waals surface area contributed by atoms with Crippen LogP contribution in [0.25, 0.3) is 0 Å². The fourth-order valence-corrected chi connectivity index (χ4v) is 2.02. The number of aryl methyl sites for hydroxylation is 1. The number of hydrogen-bond acceptors (Lipinski definition) is 6. The summed E-state index contributed by atoms with van der Waals surface area (Å²) in [6.07, 6.45) is 1.66. The van der Waals surface area contributed by atoms with E-state index in [1.807, 2.05) is 19.9 Å². The Morgan fingerprint density at radius 1 is 1.17 bits per heavy atom. The topological polar surface area (TPSA) is 102 Å². The number of anilines is 4. The van der Waals surface area contributed by atoms with Gasteiger partial charge in [-0.3, -0.25) is 5.10 Å². The molecule has 0 saturated heterocycles. The van der Waals surface area contributed by atoms with Gasteiger partial charge in [0.05, 0.1) is 17.3 Å². The van der Waals surface area contributed by atoms with E-state index in [1.165, 1.54) is 0 Å². The number of hydrogen-bond donors (Lipinski definition) is 3. The smallest absolute Gasteiger partial charge is 0.229 e. The highest BCUT2D eigenvalue weighted by Crippen LogP contribution is 2.20. The quantitative estimate of drug-likeness (QED) is 0.684. The van der Waals surface area contributed by atoms with E-state index in [0.29, 0.717) is 17.3 Å². The molecule has 2 aromatic heterocycles. The van der Waals surface area contributed by atoms with Crippen molar-refractivity contribution in [3.63, 3.8) is 0 Å². The minimum atomic E-state index is 0.444. The molecule has 7 heteroatoms. The summed E-state index contributed by atoms with van der Waals surface area (Å²) in [7, 11) is 0. The van der Waals surface area contributed by atoms with E-state index < -0.39 is 0 Å². The Labute approximate surface area is 133 Å². The van der Waals surface area contributed by atoms with E-state index >= 15 is 0 Å². The Bertz CT molecular complexity index is 876. The van der Waals surface area contributed by atoms with Crippen LogP contribution in [-0.4, -0.2) is 20.2 Å². The molecule has 2 heterocycles. The minimum Gasteiger partial charge on any atom is -0.325 e. The van der Waals surface area contributed by atoms with Gasteiger partial charge in [-0.15, -0.1) is 0 Å². The zero-order chi connectivity index (χ0) is 16.2. The molecule has 0 saturated carbocycles. The van der Waals surface area contributed by atoms with Crippen LogP contribution in [0.4, 0.5) is 23.3 Å². The first kappa shape index (κ1) is 14.5. The van der Waals surface area contributed by atoms with Crippen LogP contribution in [0.15, 0.2) is 36.5 Å². The lowest BCUT2D eigenvalue weighted by atomic mass is 10.2. The van der Waals surface area contributed by atoms with Gasteiger partial charge in [0.2, 0.25) is 5.95 Å². The molecule has 3 aromatic rings. The number of rotatable bonds is 4.